The molecule has 0 radical (unpaired) electrons. The average Bonchev–Trinajstić information content (AvgIpc) is 3.31. The highest BCUT2D eigenvalue weighted by Crippen LogP contribution is 2.28. The fourth-order valence-electron chi connectivity index (χ4n) is 2.30. The monoisotopic (exact) mass is 334 g/mol. The minimum absolute atomic E-state index is 0.224. The van der Waals surface area contributed by atoms with Crippen molar-refractivity contribution < 1.29 is 19.7 Å². The van der Waals surface area contributed by atoms with Gasteiger partial charge >= 0.3 is 5.97 Å². The molecule has 0 aromatic carbocycles. The van der Waals surface area contributed by atoms with Crippen LogP contribution in [-0.4, -0.2) is 34.5 Å². The molecule has 3 atom stereocenters. The van der Waals surface area contributed by atoms with E-state index in [1.807, 2.05) is 36.5 Å². The second kappa shape index (κ2) is 12.7. The van der Waals surface area contributed by atoms with Crippen LogP contribution in [0.2, 0.25) is 0 Å². The topological polar surface area (TPSA) is 70.1 Å². The van der Waals surface area contributed by atoms with Crippen molar-refractivity contribution >= 4 is 5.97 Å². The van der Waals surface area contributed by atoms with E-state index < -0.39 is 12.1 Å². The number of aliphatic hydroxyl groups excluding tert-OH is 1. The number of hydrogen-bond donors (Lipinski definition) is 2. The summed E-state index contributed by atoms with van der Waals surface area (Å²) in [5.41, 5.74) is 0. The average molecular weight is 334 g/mol. The molecule has 1 aliphatic rings. The van der Waals surface area contributed by atoms with Crippen LogP contribution in [0.5, 0.6) is 0 Å². The number of ether oxygens (including phenoxy) is 1. The van der Waals surface area contributed by atoms with Gasteiger partial charge < -0.3 is 14.9 Å². The van der Waals surface area contributed by atoms with E-state index in [9.17, 15) is 9.90 Å². The smallest absolute Gasteiger partial charge is 0.303 e. The maximum atomic E-state index is 10.3. The number of carboxylic acid groups (broad SMARTS) is 1. The van der Waals surface area contributed by atoms with Crippen molar-refractivity contribution in [2.75, 3.05) is 0 Å². The lowest BCUT2D eigenvalue weighted by molar-refractivity contribution is -0.137. The Morgan fingerprint density at radius 3 is 2.67 bits per heavy atom. The van der Waals surface area contributed by atoms with E-state index in [4.69, 9.17) is 9.84 Å². The molecule has 2 N–H and O–H groups in total. The Bertz CT molecular complexity index is 462. The standard InChI is InChI=1S/C20H30O4/c1-2-18-19(24-18)15-12-11-14-17(21)13-9-7-5-3-4-6-8-10-16-20(22)23/h4-7,9,11-13,17-19,21H,2-3,8,10,14-16H2,1H3,(H,22,23). The lowest BCUT2D eigenvalue weighted by atomic mass is 10.1. The maximum Gasteiger partial charge on any atom is 0.303 e. The van der Waals surface area contributed by atoms with Gasteiger partial charge in [-0.3, -0.25) is 4.79 Å². The Kier molecular flexibility index (Phi) is 10.8. The van der Waals surface area contributed by atoms with Crippen LogP contribution >= 0.6 is 0 Å². The number of rotatable bonds is 13. The summed E-state index contributed by atoms with van der Waals surface area (Å²) in [4.78, 5) is 10.3. The third kappa shape index (κ3) is 11.0. The molecule has 0 aromatic heterocycles. The van der Waals surface area contributed by atoms with Gasteiger partial charge in [0, 0.05) is 6.42 Å². The Hall–Kier alpha value is -1.65. The van der Waals surface area contributed by atoms with Gasteiger partial charge in [-0.1, -0.05) is 55.5 Å². The molecule has 0 spiro atoms. The third-order valence-corrected chi connectivity index (χ3v) is 3.78. The van der Waals surface area contributed by atoms with Crippen LogP contribution in [0, 0.1) is 0 Å². The predicted octanol–water partition coefficient (Wildman–Crippen LogP) is 4.17. The highest BCUT2D eigenvalue weighted by Gasteiger charge is 2.35. The number of allylic oxidation sites excluding steroid dienone is 5. The van der Waals surface area contributed by atoms with Crippen LogP contribution in [0.3, 0.4) is 0 Å². The molecule has 0 saturated carbocycles. The first kappa shape index (κ1) is 20.4. The molecule has 4 nitrogen and oxygen atoms in total. The number of aliphatic carboxylic acids is 1. The van der Waals surface area contributed by atoms with Crippen molar-refractivity contribution in [3.8, 4) is 0 Å². The van der Waals surface area contributed by atoms with E-state index in [0.29, 0.717) is 25.0 Å². The van der Waals surface area contributed by atoms with E-state index in [0.717, 1.165) is 25.7 Å². The lowest BCUT2D eigenvalue weighted by Crippen LogP contribution is -1.99. The Morgan fingerprint density at radius 1 is 1.12 bits per heavy atom. The molecule has 0 aromatic rings. The van der Waals surface area contributed by atoms with Gasteiger partial charge in [-0.25, -0.2) is 0 Å². The molecule has 0 amide bonds. The summed E-state index contributed by atoms with van der Waals surface area (Å²) < 4.78 is 5.45. The Morgan fingerprint density at radius 2 is 1.96 bits per heavy atom. The zero-order valence-electron chi connectivity index (χ0n) is 14.5. The summed E-state index contributed by atoms with van der Waals surface area (Å²) in [6.45, 7) is 2.13. The fourth-order valence-corrected chi connectivity index (χ4v) is 2.30. The highest BCUT2D eigenvalue weighted by atomic mass is 16.6. The molecule has 1 rings (SSSR count). The Labute approximate surface area is 145 Å². The molecule has 24 heavy (non-hydrogen) atoms. The van der Waals surface area contributed by atoms with Gasteiger partial charge in [0.15, 0.2) is 0 Å². The van der Waals surface area contributed by atoms with Gasteiger partial charge in [0.1, 0.15) is 0 Å². The van der Waals surface area contributed by atoms with Crippen molar-refractivity contribution in [3.63, 3.8) is 0 Å². The van der Waals surface area contributed by atoms with Crippen molar-refractivity contribution in [1.82, 2.24) is 0 Å². The number of carboxylic acids is 1. The van der Waals surface area contributed by atoms with E-state index in [1.54, 1.807) is 6.08 Å². The van der Waals surface area contributed by atoms with Crippen molar-refractivity contribution in [2.24, 2.45) is 0 Å². The van der Waals surface area contributed by atoms with Gasteiger partial charge in [0.25, 0.3) is 0 Å². The summed E-state index contributed by atoms with van der Waals surface area (Å²) in [5.74, 6) is -0.743. The van der Waals surface area contributed by atoms with Gasteiger partial charge in [0.05, 0.1) is 18.3 Å². The van der Waals surface area contributed by atoms with Crippen LogP contribution in [0.1, 0.15) is 51.9 Å². The summed E-state index contributed by atoms with van der Waals surface area (Å²) in [5, 5.41) is 18.3. The second-order valence-corrected chi connectivity index (χ2v) is 5.94. The normalized spacial score (nSPS) is 22.2. The zero-order valence-corrected chi connectivity index (χ0v) is 14.5. The number of carbonyl (C=O) groups is 1. The maximum absolute atomic E-state index is 10.3. The quantitative estimate of drug-likeness (QED) is 0.229. The van der Waals surface area contributed by atoms with E-state index in [2.05, 4.69) is 13.0 Å². The third-order valence-electron chi connectivity index (χ3n) is 3.78. The number of unbranched alkanes of at least 4 members (excludes halogenated alkanes) is 1. The lowest BCUT2D eigenvalue weighted by Gasteiger charge is -1.98. The molecular weight excluding hydrogens is 304 g/mol. The van der Waals surface area contributed by atoms with Crippen LogP contribution in [0.15, 0.2) is 48.6 Å². The highest BCUT2D eigenvalue weighted by molar-refractivity contribution is 5.66. The van der Waals surface area contributed by atoms with Crippen molar-refractivity contribution in [3.05, 3.63) is 48.6 Å². The summed E-state index contributed by atoms with van der Waals surface area (Å²) in [6, 6.07) is 0. The molecule has 1 saturated heterocycles. The number of hydrogen-bond acceptors (Lipinski definition) is 3. The van der Waals surface area contributed by atoms with E-state index in [1.165, 1.54) is 0 Å². The summed E-state index contributed by atoms with van der Waals surface area (Å²) in [7, 11) is 0. The van der Waals surface area contributed by atoms with E-state index in [-0.39, 0.29) is 6.42 Å². The van der Waals surface area contributed by atoms with Gasteiger partial charge in [-0.2, -0.15) is 0 Å². The SMILES string of the molecule is CCC1OC1CC=CCC(O)C=CC=CCC=CCCCC(=O)O. The summed E-state index contributed by atoms with van der Waals surface area (Å²) in [6.07, 6.45) is 21.2. The molecule has 1 aliphatic heterocycles. The number of epoxide rings is 1. The molecule has 0 aliphatic carbocycles. The first-order valence-electron chi connectivity index (χ1n) is 8.82. The molecule has 0 bridgehead atoms. The van der Waals surface area contributed by atoms with Crippen molar-refractivity contribution in [2.45, 2.75) is 70.2 Å². The molecule has 1 fully saturated rings. The first-order chi connectivity index (χ1) is 11.6. The van der Waals surface area contributed by atoms with Gasteiger partial charge in [0.2, 0.25) is 0 Å². The molecule has 134 valence electrons. The molecule has 4 heteroatoms. The summed E-state index contributed by atoms with van der Waals surface area (Å²) >= 11 is 0. The Balaban J connectivity index is 2.01. The van der Waals surface area contributed by atoms with Gasteiger partial charge in [-0.15, -0.1) is 0 Å². The second-order valence-electron chi connectivity index (χ2n) is 5.94. The van der Waals surface area contributed by atoms with Crippen LogP contribution < -0.4 is 0 Å². The minimum Gasteiger partial charge on any atom is -0.481 e. The predicted molar refractivity (Wildman–Crippen MR) is 96.9 cm³/mol. The van der Waals surface area contributed by atoms with Gasteiger partial charge in [-0.05, 0) is 38.5 Å². The zero-order chi connectivity index (χ0) is 17.6. The first-order valence-corrected chi connectivity index (χ1v) is 8.82. The van der Waals surface area contributed by atoms with Crippen molar-refractivity contribution in [1.29, 1.82) is 0 Å². The largest absolute Gasteiger partial charge is 0.481 e. The minimum atomic E-state index is -0.743. The number of aliphatic hydroxyl groups is 1. The molecular formula is C20H30O4. The fraction of sp³-hybridized carbons (Fsp3) is 0.550. The van der Waals surface area contributed by atoms with Crippen LogP contribution in [0.4, 0.5) is 0 Å². The van der Waals surface area contributed by atoms with Crippen LogP contribution in [-0.2, 0) is 9.53 Å². The van der Waals surface area contributed by atoms with Crippen LogP contribution in [0.25, 0.3) is 0 Å². The van der Waals surface area contributed by atoms with E-state index >= 15 is 0 Å². The molecule has 3 unspecified atom stereocenters. The molecule has 1 heterocycles.